The predicted octanol–water partition coefficient (Wildman–Crippen LogP) is 2.72. The molecule has 100 valence electrons. The Morgan fingerprint density at radius 2 is 1.89 bits per heavy atom. The molecule has 3 N–H and O–H groups in total. The molecule has 0 spiro atoms. The van der Waals surface area contributed by atoms with Crippen molar-refractivity contribution in [2.75, 3.05) is 0 Å². The van der Waals surface area contributed by atoms with Crippen LogP contribution in [0.2, 0.25) is 0 Å². The second-order valence-corrected chi connectivity index (χ2v) is 4.31. The lowest BCUT2D eigenvalue weighted by atomic mass is 10.2. The maximum Gasteiger partial charge on any atom is 0.339 e. The van der Waals surface area contributed by atoms with E-state index in [9.17, 15) is 15.0 Å². The van der Waals surface area contributed by atoms with E-state index in [1.165, 1.54) is 0 Å². The molecular weight excluding hydrogens is 260 g/mol. The van der Waals surface area contributed by atoms with Crippen LogP contribution in [0.4, 0.5) is 0 Å². The van der Waals surface area contributed by atoms with Crippen molar-refractivity contribution in [1.29, 1.82) is 0 Å². The summed E-state index contributed by atoms with van der Waals surface area (Å²) in [5, 5.41) is 27.6. The van der Waals surface area contributed by atoms with Gasteiger partial charge in [0.05, 0.1) is 5.56 Å². The van der Waals surface area contributed by atoms with Gasteiger partial charge in [-0.1, -0.05) is 24.9 Å². The number of aromatic hydroxyl groups is 3. The van der Waals surface area contributed by atoms with E-state index in [1.807, 2.05) is 6.92 Å². The van der Waals surface area contributed by atoms with E-state index in [4.69, 9.17) is 21.4 Å². The Labute approximate surface area is 110 Å². The van der Waals surface area contributed by atoms with Crippen LogP contribution in [0.25, 0.3) is 0 Å². The van der Waals surface area contributed by atoms with Crippen molar-refractivity contribution < 1.29 is 24.9 Å². The van der Waals surface area contributed by atoms with Crippen LogP contribution < -0.4 is 0 Å². The molecule has 18 heavy (non-hydrogen) atoms. The van der Waals surface area contributed by atoms with Crippen molar-refractivity contribution in [3.8, 4) is 17.2 Å². The summed E-state index contributed by atoms with van der Waals surface area (Å²) >= 11 is 5.80. The van der Waals surface area contributed by atoms with Crippen molar-refractivity contribution in [2.45, 2.75) is 31.7 Å². The first-order valence-corrected chi connectivity index (χ1v) is 5.99. The van der Waals surface area contributed by atoms with E-state index in [2.05, 4.69) is 0 Å². The molecule has 0 saturated heterocycles. The number of ether oxygens (including phenoxy) is 1. The van der Waals surface area contributed by atoms with E-state index >= 15 is 0 Å². The van der Waals surface area contributed by atoms with Crippen LogP contribution in [0.5, 0.6) is 17.2 Å². The van der Waals surface area contributed by atoms with Crippen molar-refractivity contribution in [1.82, 2.24) is 0 Å². The number of carbonyl (C=O) groups is 1. The van der Waals surface area contributed by atoms with E-state index in [1.54, 1.807) is 0 Å². The third-order valence-corrected chi connectivity index (χ3v) is 2.63. The molecule has 1 rings (SSSR count). The summed E-state index contributed by atoms with van der Waals surface area (Å²) in [5.41, 5.74) is -0.833. The topological polar surface area (TPSA) is 87.0 Å². The second kappa shape index (κ2) is 6.35. The minimum absolute atomic E-state index is 0.0788. The zero-order valence-electron chi connectivity index (χ0n) is 9.89. The molecule has 1 aromatic rings. The van der Waals surface area contributed by atoms with Gasteiger partial charge >= 0.3 is 5.97 Å². The molecule has 0 aromatic heterocycles. The highest BCUT2D eigenvalue weighted by Gasteiger charge is 2.17. The predicted molar refractivity (Wildman–Crippen MR) is 66.0 cm³/mol. The quantitative estimate of drug-likeness (QED) is 0.436. The molecule has 0 amide bonds. The first-order valence-electron chi connectivity index (χ1n) is 5.55. The third-order valence-electron chi connectivity index (χ3n) is 2.32. The Morgan fingerprint density at radius 1 is 1.33 bits per heavy atom. The van der Waals surface area contributed by atoms with Crippen LogP contribution in [-0.4, -0.2) is 26.9 Å². The molecule has 1 atom stereocenters. The Morgan fingerprint density at radius 3 is 2.39 bits per heavy atom. The third kappa shape index (κ3) is 3.70. The van der Waals surface area contributed by atoms with E-state index < -0.39 is 28.8 Å². The number of benzene rings is 1. The van der Waals surface area contributed by atoms with E-state index in [0.717, 1.165) is 25.0 Å². The van der Waals surface area contributed by atoms with Crippen LogP contribution in [0.3, 0.4) is 0 Å². The fourth-order valence-electron chi connectivity index (χ4n) is 1.33. The fraction of sp³-hybridized carbons (Fsp3) is 0.417. The van der Waals surface area contributed by atoms with Gasteiger partial charge in [-0.25, -0.2) is 4.79 Å². The van der Waals surface area contributed by atoms with Gasteiger partial charge in [0, 0.05) is 0 Å². The lowest BCUT2D eigenvalue weighted by Gasteiger charge is -2.11. The molecule has 0 aliphatic heterocycles. The first-order chi connectivity index (χ1) is 8.45. The van der Waals surface area contributed by atoms with Gasteiger partial charge < -0.3 is 20.1 Å². The molecule has 6 heteroatoms. The smallest absolute Gasteiger partial charge is 0.339 e. The molecule has 0 bridgehead atoms. The van der Waals surface area contributed by atoms with E-state index in [0.29, 0.717) is 6.42 Å². The highest BCUT2D eigenvalue weighted by Crippen LogP contribution is 2.35. The van der Waals surface area contributed by atoms with Crippen molar-refractivity contribution in [3.05, 3.63) is 17.7 Å². The number of alkyl halides is 1. The number of phenolic OH excluding ortho intramolecular Hbond substituents is 3. The average Bonchev–Trinajstić information content (AvgIpc) is 2.32. The second-order valence-electron chi connectivity index (χ2n) is 3.82. The zero-order valence-corrected chi connectivity index (χ0v) is 10.6. The van der Waals surface area contributed by atoms with Gasteiger partial charge in [0.2, 0.25) is 0 Å². The largest absolute Gasteiger partial charge is 0.504 e. The minimum Gasteiger partial charge on any atom is -0.504 e. The van der Waals surface area contributed by atoms with Gasteiger partial charge in [-0.15, -0.1) is 0 Å². The van der Waals surface area contributed by atoms with Crippen molar-refractivity contribution in [3.63, 3.8) is 0 Å². The highest BCUT2D eigenvalue weighted by molar-refractivity contribution is 6.20. The molecule has 0 aliphatic rings. The molecule has 0 radical (unpaired) electrons. The molecule has 1 unspecified atom stereocenters. The van der Waals surface area contributed by atoms with Crippen molar-refractivity contribution in [2.24, 2.45) is 0 Å². The Kier molecular flexibility index (Phi) is 5.09. The molecule has 0 fully saturated rings. The summed E-state index contributed by atoms with van der Waals surface area (Å²) in [5.74, 6) is -2.64. The van der Waals surface area contributed by atoms with Gasteiger partial charge in [0.25, 0.3) is 0 Å². The number of unbranched alkanes of at least 4 members (excludes halogenated alkanes) is 1. The summed E-state index contributed by atoms with van der Waals surface area (Å²) in [6.45, 7) is 1.99. The fourth-order valence-corrected chi connectivity index (χ4v) is 1.56. The van der Waals surface area contributed by atoms with Crippen LogP contribution in [0, 0.1) is 0 Å². The summed E-state index contributed by atoms with van der Waals surface area (Å²) in [4.78, 5) is 11.6. The van der Waals surface area contributed by atoms with Gasteiger partial charge in [0.15, 0.2) is 22.8 Å². The number of carbonyl (C=O) groups excluding carboxylic acids is 1. The van der Waals surface area contributed by atoms with Crippen LogP contribution in [0.15, 0.2) is 12.1 Å². The maximum atomic E-state index is 11.6. The number of rotatable bonds is 5. The average molecular weight is 275 g/mol. The van der Waals surface area contributed by atoms with Gasteiger partial charge in [-0.2, -0.15) is 0 Å². The molecule has 0 saturated carbocycles. The number of halogens is 1. The van der Waals surface area contributed by atoms with Gasteiger partial charge in [-0.05, 0) is 25.0 Å². The lowest BCUT2D eigenvalue weighted by Crippen LogP contribution is -2.12. The normalized spacial score (nSPS) is 12.1. The molecule has 0 heterocycles. The summed E-state index contributed by atoms with van der Waals surface area (Å²) in [6.07, 6.45) is 2.29. The Bertz CT molecular complexity index is 409. The van der Waals surface area contributed by atoms with E-state index in [-0.39, 0.29) is 5.56 Å². The molecule has 1 aromatic carbocycles. The number of hydrogen-bond acceptors (Lipinski definition) is 5. The Hall–Kier alpha value is -1.62. The van der Waals surface area contributed by atoms with Crippen molar-refractivity contribution >= 4 is 17.6 Å². The SMILES string of the molecule is CCCCC(Cl)OC(=O)c1cc(O)c(O)c(O)c1. The maximum absolute atomic E-state index is 11.6. The number of phenols is 3. The summed E-state index contributed by atoms with van der Waals surface area (Å²) in [6, 6.07) is 2.00. The minimum atomic E-state index is -0.767. The standard InChI is InChI=1S/C12H15ClO5/c1-2-3-4-10(13)18-12(17)7-5-8(14)11(16)9(15)6-7/h5-6,10,14-16H,2-4H2,1H3. The lowest BCUT2D eigenvalue weighted by molar-refractivity contribution is 0.0433. The summed E-state index contributed by atoms with van der Waals surface area (Å²) < 4.78 is 4.91. The zero-order chi connectivity index (χ0) is 13.7. The number of hydrogen-bond donors (Lipinski definition) is 3. The van der Waals surface area contributed by atoms with Crippen LogP contribution >= 0.6 is 11.6 Å². The molecule has 5 nitrogen and oxygen atoms in total. The highest BCUT2D eigenvalue weighted by atomic mass is 35.5. The monoisotopic (exact) mass is 274 g/mol. The Balaban J connectivity index is 2.73. The summed E-state index contributed by atoms with van der Waals surface area (Å²) in [7, 11) is 0. The van der Waals surface area contributed by atoms with Crippen LogP contribution in [0.1, 0.15) is 36.5 Å². The number of esters is 1. The van der Waals surface area contributed by atoms with Gasteiger partial charge in [-0.3, -0.25) is 0 Å². The van der Waals surface area contributed by atoms with Crippen LogP contribution in [-0.2, 0) is 4.74 Å². The molecule has 0 aliphatic carbocycles. The molecular formula is C12H15ClO5. The van der Waals surface area contributed by atoms with Gasteiger partial charge in [0.1, 0.15) is 0 Å². The first kappa shape index (κ1) is 14.4.